The normalized spacial score (nSPS) is 20.3. The van der Waals surface area contributed by atoms with Crippen LogP contribution in [0.15, 0.2) is 36.4 Å². The molecule has 11 nitrogen and oxygen atoms in total. The van der Waals surface area contributed by atoms with Crippen LogP contribution >= 0.6 is 0 Å². The van der Waals surface area contributed by atoms with Gasteiger partial charge in [-0.25, -0.2) is 0 Å². The van der Waals surface area contributed by atoms with Crippen LogP contribution in [0.5, 0.6) is 0 Å². The van der Waals surface area contributed by atoms with Crippen LogP contribution in [0.2, 0.25) is 0 Å². The summed E-state index contributed by atoms with van der Waals surface area (Å²) in [6.45, 7) is 4.65. The van der Waals surface area contributed by atoms with E-state index in [9.17, 15) is 19.5 Å². The molecule has 0 bridgehead atoms. The summed E-state index contributed by atoms with van der Waals surface area (Å²) < 4.78 is 10.9. The second-order valence-electron chi connectivity index (χ2n) is 9.28. The molecule has 3 aliphatic rings. The minimum absolute atomic E-state index is 0.119. The van der Waals surface area contributed by atoms with Gasteiger partial charge in [-0.15, -0.1) is 0 Å². The van der Waals surface area contributed by atoms with Gasteiger partial charge in [-0.3, -0.25) is 19.8 Å². The number of aliphatic hydroxyl groups excluding tert-OH is 1. The number of hydrogen-bond donors (Lipinski definition) is 4. The van der Waals surface area contributed by atoms with Gasteiger partial charge in [0.05, 0.1) is 19.8 Å². The molecule has 0 unspecified atom stereocenters. The van der Waals surface area contributed by atoms with Crippen molar-refractivity contribution in [1.29, 1.82) is 5.41 Å². The maximum absolute atomic E-state index is 13.3. The smallest absolute Gasteiger partial charge is 0.259 e. The largest absolute Gasteiger partial charge is 0.380 e. The molecule has 0 radical (unpaired) electrons. The number of hydrogen-bond acceptors (Lipinski definition) is 7. The van der Waals surface area contributed by atoms with Crippen molar-refractivity contribution in [3.63, 3.8) is 0 Å². The lowest BCUT2D eigenvalue weighted by Gasteiger charge is -2.34. The number of nitrogens with zero attached hydrogens (tertiary/aromatic N) is 2. The average Bonchev–Trinajstić information content (AvgIpc) is 3.27. The number of amidine groups is 1. The molecule has 3 heterocycles. The van der Waals surface area contributed by atoms with Gasteiger partial charge in [0, 0.05) is 48.7 Å². The van der Waals surface area contributed by atoms with Crippen molar-refractivity contribution in [2.24, 2.45) is 0 Å². The number of ether oxygens (including phenoxy) is 2. The third-order valence-corrected chi connectivity index (χ3v) is 6.69. The van der Waals surface area contributed by atoms with Crippen molar-refractivity contribution in [3.8, 4) is 0 Å². The molecule has 11 heteroatoms. The van der Waals surface area contributed by atoms with Crippen LogP contribution in [0, 0.1) is 12.3 Å². The summed E-state index contributed by atoms with van der Waals surface area (Å²) in [4.78, 5) is 42.3. The van der Waals surface area contributed by atoms with Gasteiger partial charge >= 0.3 is 0 Å². The Balaban J connectivity index is 1.30. The third-order valence-electron chi connectivity index (χ3n) is 6.69. The average molecular weight is 508 g/mol. The highest BCUT2D eigenvalue weighted by atomic mass is 16.5. The Morgan fingerprint density at radius 3 is 2.70 bits per heavy atom. The molecule has 2 atom stereocenters. The first-order valence-corrected chi connectivity index (χ1v) is 12.2. The summed E-state index contributed by atoms with van der Waals surface area (Å²) in [5, 5.41) is 24.1. The van der Waals surface area contributed by atoms with Gasteiger partial charge in [0.15, 0.2) is 12.2 Å². The molecule has 194 valence electrons. The number of nitrogens with one attached hydrogen (secondary N) is 3. The van der Waals surface area contributed by atoms with Gasteiger partial charge < -0.3 is 35.0 Å². The van der Waals surface area contributed by atoms with Crippen LogP contribution in [0.3, 0.4) is 0 Å². The monoisotopic (exact) mass is 507 g/mol. The van der Waals surface area contributed by atoms with Crippen LogP contribution < -0.4 is 15.5 Å². The van der Waals surface area contributed by atoms with Gasteiger partial charge in [0.1, 0.15) is 5.84 Å². The van der Waals surface area contributed by atoms with Crippen molar-refractivity contribution in [2.75, 3.05) is 49.7 Å². The Labute approximate surface area is 213 Å². The number of anilines is 2. The molecule has 37 heavy (non-hydrogen) atoms. The molecule has 5 rings (SSSR count). The summed E-state index contributed by atoms with van der Waals surface area (Å²) in [7, 11) is 0. The van der Waals surface area contributed by atoms with E-state index < -0.39 is 24.0 Å². The van der Waals surface area contributed by atoms with E-state index in [2.05, 4.69) is 10.6 Å². The zero-order chi connectivity index (χ0) is 26.1. The predicted molar refractivity (Wildman–Crippen MR) is 135 cm³/mol. The predicted octanol–water partition coefficient (Wildman–Crippen LogP) is 0.627. The molecular formula is C26H29N5O6. The zero-order valence-corrected chi connectivity index (χ0v) is 20.5. The highest BCUT2D eigenvalue weighted by Gasteiger charge is 2.39. The fourth-order valence-corrected chi connectivity index (χ4v) is 4.77. The van der Waals surface area contributed by atoms with Crippen LogP contribution in [0.1, 0.15) is 27.0 Å². The van der Waals surface area contributed by atoms with E-state index in [1.54, 1.807) is 41.3 Å². The second kappa shape index (κ2) is 10.3. The summed E-state index contributed by atoms with van der Waals surface area (Å²) in [6, 6.07) is 10.3. The van der Waals surface area contributed by atoms with Gasteiger partial charge in [-0.2, -0.15) is 0 Å². The van der Waals surface area contributed by atoms with Gasteiger partial charge in [0.25, 0.3) is 17.7 Å². The number of amides is 3. The Kier molecular flexibility index (Phi) is 6.92. The molecule has 3 amide bonds. The van der Waals surface area contributed by atoms with Gasteiger partial charge in [-0.1, -0.05) is 0 Å². The van der Waals surface area contributed by atoms with E-state index in [-0.39, 0.29) is 19.1 Å². The Hall–Kier alpha value is -3.80. The molecule has 2 aromatic rings. The zero-order valence-electron chi connectivity index (χ0n) is 20.5. The number of benzene rings is 2. The van der Waals surface area contributed by atoms with Crippen LogP contribution in [-0.4, -0.2) is 85.2 Å². The number of fused-ring (bicyclic) bond motifs is 1. The molecule has 0 saturated carbocycles. The van der Waals surface area contributed by atoms with Crippen LogP contribution in [-0.2, 0) is 25.6 Å². The number of carbonyl (C=O) groups is 3. The van der Waals surface area contributed by atoms with E-state index in [1.165, 1.54) is 4.90 Å². The number of morpholine rings is 2. The van der Waals surface area contributed by atoms with Crippen molar-refractivity contribution < 1.29 is 29.0 Å². The first-order valence-electron chi connectivity index (χ1n) is 12.2. The molecule has 2 fully saturated rings. The molecular weight excluding hydrogens is 478 g/mol. The number of aryl methyl sites for hydroxylation is 1. The lowest BCUT2D eigenvalue weighted by molar-refractivity contribution is -0.150. The summed E-state index contributed by atoms with van der Waals surface area (Å²) in [5.41, 5.74) is 3.84. The van der Waals surface area contributed by atoms with E-state index >= 15 is 0 Å². The minimum atomic E-state index is -1.74. The molecule has 2 saturated heterocycles. The van der Waals surface area contributed by atoms with Crippen molar-refractivity contribution in [2.45, 2.75) is 25.7 Å². The first-order chi connectivity index (χ1) is 17.8. The highest BCUT2D eigenvalue weighted by molar-refractivity contribution is 6.05. The van der Waals surface area contributed by atoms with Crippen molar-refractivity contribution in [1.82, 2.24) is 10.2 Å². The minimum Gasteiger partial charge on any atom is -0.380 e. The molecule has 2 aromatic carbocycles. The lowest BCUT2D eigenvalue weighted by atomic mass is 10.1. The Bertz CT molecular complexity index is 1260. The summed E-state index contributed by atoms with van der Waals surface area (Å²) in [5.74, 6) is -1.14. The van der Waals surface area contributed by atoms with Gasteiger partial charge in [0.2, 0.25) is 0 Å². The SMILES string of the molecule is Cc1cc(C(=O)N2CCOCC2)cc(N2CCO[C@H]([C@@H](O)C(=O)Nc3ccc4c(c3)CNC4=N)C2=O)c1. The Morgan fingerprint density at radius 1 is 1.14 bits per heavy atom. The van der Waals surface area contributed by atoms with E-state index in [1.807, 2.05) is 6.92 Å². The first kappa shape index (κ1) is 24.9. The summed E-state index contributed by atoms with van der Waals surface area (Å²) >= 11 is 0. The van der Waals surface area contributed by atoms with Crippen molar-refractivity contribution in [3.05, 3.63) is 58.7 Å². The fourth-order valence-electron chi connectivity index (χ4n) is 4.77. The van der Waals surface area contributed by atoms with E-state index in [0.29, 0.717) is 55.6 Å². The standard InChI is InChI=1S/C26H29N5O6/c1-15-10-16(25(34)30-4-7-36-8-5-30)13-19(11-15)31-6-9-37-22(26(31)35)21(32)24(33)29-18-2-3-20-17(12-18)14-28-23(20)27/h2-3,10-13,21-22,32H,4-9,14H2,1H3,(H2,27,28)(H,29,33)/t21-,22-/m1/s1. The molecule has 4 N–H and O–H groups in total. The Morgan fingerprint density at radius 2 is 1.92 bits per heavy atom. The van der Waals surface area contributed by atoms with Crippen LogP contribution in [0.4, 0.5) is 11.4 Å². The van der Waals surface area contributed by atoms with E-state index in [4.69, 9.17) is 14.9 Å². The third kappa shape index (κ3) is 5.06. The fraction of sp³-hybridized carbons (Fsp3) is 0.385. The second-order valence-corrected chi connectivity index (χ2v) is 9.28. The molecule has 0 aromatic heterocycles. The number of carbonyl (C=O) groups excluding carboxylic acids is 3. The van der Waals surface area contributed by atoms with Gasteiger partial charge in [-0.05, 0) is 54.4 Å². The topological polar surface area (TPSA) is 144 Å². The molecule has 0 aliphatic carbocycles. The number of rotatable bonds is 5. The summed E-state index contributed by atoms with van der Waals surface area (Å²) in [6.07, 6.45) is -3.13. The number of aliphatic hydroxyl groups is 1. The maximum Gasteiger partial charge on any atom is 0.259 e. The van der Waals surface area contributed by atoms with Crippen LogP contribution in [0.25, 0.3) is 0 Å². The maximum atomic E-state index is 13.3. The lowest BCUT2D eigenvalue weighted by Crippen LogP contribution is -2.55. The van der Waals surface area contributed by atoms with Crippen molar-refractivity contribution >= 4 is 34.9 Å². The van der Waals surface area contributed by atoms with E-state index in [0.717, 1.165) is 16.7 Å². The molecule has 3 aliphatic heterocycles. The quantitative estimate of drug-likeness (QED) is 0.465. The highest BCUT2D eigenvalue weighted by Crippen LogP contribution is 2.25. The molecule has 0 spiro atoms.